The summed E-state index contributed by atoms with van der Waals surface area (Å²) < 4.78 is 24.7. The monoisotopic (exact) mass is 241 g/mol. The van der Waals surface area contributed by atoms with Gasteiger partial charge in [-0.15, -0.1) is 0 Å². The molecule has 1 saturated carbocycles. The molecule has 1 fully saturated rings. The number of alkyl halides is 2. The van der Waals surface area contributed by atoms with Crippen molar-refractivity contribution in [1.82, 2.24) is 9.97 Å². The molecule has 1 unspecified atom stereocenters. The fraction of sp³-hybridized carbons (Fsp3) is 0.667. The molecule has 2 rings (SSSR count). The predicted molar refractivity (Wildman–Crippen MR) is 60.7 cm³/mol. The Hall–Kier alpha value is -1.10. The molecule has 2 N–H and O–H groups in total. The minimum Gasteiger partial charge on any atom is -0.330 e. The highest BCUT2D eigenvalue weighted by Gasteiger charge is 2.34. The lowest BCUT2D eigenvalue weighted by molar-refractivity contribution is 0.140. The van der Waals surface area contributed by atoms with E-state index in [2.05, 4.69) is 9.97 Å². The molecule has 94 valence electrons. The molecule has 1 aromatic heterocycles. The van der Waals surface area contributed by atoms with Crippen LogP contribution in [0.15, 0.2) is 12.4 Å². The van der Waals surface area contributed by atoms with Gasteiger partial charge >= 0.3 is 0 Å². The van der Waals surface area contributed by atoms with Gasteiger partial charge in [0, 0.05) is 24.4 Å². The zero-order chi connectivity index (χ0) is 12.5. The van der Waals surface area contributed by atoms with Gasteiger partial charge in [0.25, 0.3) is 6.43 Å². The molecule has 1 heterocycles. The molecule has 0 saturated heterocycles. The second-order valence-corrected chi connectivity index (χ2v) is 5.04. The predicted octanol–water partition coefficient (Wildman–Crippen LogP) is 2.43. The van der Waals surface area contributed by atoms with Crippen LogP contribution in [-0.2, 0) is 5.41 Å². The van der Waals surface area contributed by atoms with Gasteiger partial charge < -0.3 is 5.73 Å². The van der Waals surface area contributed by atoms with E-state index in [-0.39, 0.29) is 5.41 Å². The van der Waals surface area contributed by atoms with Crippen molar-refractivity contribution in [2.75, 3.05) is 6.54 Å². The molecule has 3 nitrogen and oxygen atoms in total. The third-order valence-corrected chi connectivity index (χ3v) is 3.45. The number of halogens is 2. The summed E-state index contributed by atoms with van der Waals surface area (Å²) in [6, 6.07) is 0. The smallest absolute Gasteiger partial charge is 0.297 e. The topological polar surface area (TPSA) is 51.8 Å². The first-order chi connectivity index (χ1) is 8.05. The average molecular weight is 241 g/mol. The summed E-state index contributed by atoms with van der Waals surface area (Å²) in [7, 11) is 0. The Morgan fingerprint density at radius 3 is 2.41 bits per heavy atom. The molecule has 1 aliphatic rings. The Bertz CT molecular complexity index is 376. The normalized spacial score (nSPS) is 19.4. The van der Waals surface area contributed by atoms with Crippen LogP contribution >= 0.6 is 0 Å². The van der Waals surface area contributed by atoms with Crippen molar-refractivity contribution in [2.45, 2.75) is 38.0 Å². The summed E-state index contributed by atoms with van der Waals surface area (Å²) in [4.78, 5) is 7.41. The molecule has 5 heteroatoms. The van der Waals surface area contributed by atoms with Crippen LogP contribution in [0.25, 0.3) is 0 Å². The van der Waals surface area contributed by atoms with Gasteiger partial charge in [-0.05, 0) is 17.9 Å². The van der Waals surface area contributed by atoms with Crippen LogP contribution in [0.3, 0.4) is 0 Å². The molecule has 0 bridgehead atoms. The number of hydrogen-bond acceptors (Lipinski definition) is 3. The second kappa shape index (κ2) is 4.64. The van der Waals surface area contributed by atoms with E-state index in [1.807, 2.05) is 6.92 Å². The van der Waals surface area contributed by atoms with Gasteiger partial charge in [0.05, 0.1) is 0 Å². The molecule has 0 amide bonds. The average Bonchev–Trinajstić information content (AvgIpc) is 3.13. The summed E-state index contributed by atoms with van der Waals surface area (Å²) in [6.45, 7) is 2.53. The number of nitrogens with two attached hydrogens (primary N) is 1. The standard InChI is InChI=1S/C12H17F2N3/c1-12(7-15,4-8-2-3-8)9-5-16-11(10(13)14)17-6-9/h5-6,8,10H,2-4,7,15H2,1H3. The maximum Gasteiger partial charge on any atom is 0.297 e. The molecular weight excluding hydrogens is 224 g/mol. The first-order valence-electron chi connectivity index (χ1n) is 5.86. The Morgan fingerprint density at radius 1 is 1.41 bits per heavy atom. The van der Waals surface area contributed by atoms with Crippen LogP contribution < -0.4 is 5.73 Å². The van der Waals surface area contributed by atoms with Gasteiger partial charge in [-0.1, -0.05) is 19.8 Å². The molecule has 1 atom stereocenters. The highest BCUT2D eigenvalue weighted by Crippen LogP contribution is 2.41. The molecule has 1 aromatic rings. The number of nitrogens with zero attached hydrogens (tertiary/aromatic N) is 2. The fourth-order valence-electron chi connectivity index (χ4n) is 2.04. The SMILES string of the molecule is CC(CN)(CC1CC1)c1cnc(C(F)F)nc1. The maximum absolute atomic E-state index is 12.3. The lowest BCUT2D eigenvalue weighted by Crippen LogP contribution is -2.32. The lowest BCUT2D eigenvalue weighted by Gasteiger charge is -2.28. The van der Waals surface area contributed by atoms with Crippen molar-refractivity contribution in [3.63, 3.8) is 0 Å². The van der Waals surface area contributed by atoms with Crippen LogP contribution in [0.2, 0.25) is 0 Å². The Labute approximate surface area is 99.5 Å². The summed E-state index contributed by atoms with van der Waals surface area (Å²) >= 11 is 0. The summed E-state index contributed by atoms with van der Waals surface area (Å²) in [6.07, 6.45) is 3.84. The highest BCUT2D eigenvalue weighted by atomic mass is 19.3. The van der Waals surface area contributed by atoms with E-state index in [4.69, 9.17) is 5.73 Å². The van der Waals surface area contributed by atoms with E-state index in [9.17, 15) is 8.78 Å². The zero-order valence-electron chi connectivity index (χ0n) is 9.87. The maximum atomic E-state index is 12.3. The second-order valence-electron chi connectivity index (χ2n) is 5.04. The Morgan fingerprint density at radius 2 is 2.00 bits per heavy atom. The Balaban J connectivity index is 2.17. The van der Waals surface area contributed by atoms with E-state index in [1.165, 1.54) is 25.2 Å². The van der Waals surface area contributed by atoms with E-state index in [0.29, 0.717) is 6.54 Å². The van der Waals surface area contributed by atoms with Gasteiger partial charge in [-0.25, -0.2) is 18.7 Å². The first-order valence-corrected chi connectivity index (χ1v) is 5.86. The van der Waals surface area contributed by atoms with Crippen LogP contribution in [-0.4, -0.2) is 16.5 Å². The van der Waals surface area contributed by atoms with Crippen molar-refractivity contribution in [3.8, 4) is 0 Å². The molecule has 0 aromatic carbocycles. The Kier molecular flexibility index (Phi) is 3.38. The minimum absolute atomic E-state index is 0.193. The van der Waals surface area contributed by atoms with Crippen LogP contribution in [0.1, 0.15) is 44.0 Å². The summed E-state index contributed by atoms with van der Waals surface area (Å²) in [5.74, 6) is 0.304. The molecule has 0 spiro atoms. The van der Waals surface area contributed by atoms with Gasteiger partial charge in [0.1, 0.15) is 0 Å². The highest BCUT2D eigenvalue weighted by molar-refractivity contribution is 5.20. The molecule has 0 radical (unpaired) electrons. The third kappa shape index (κ3) is 2.77. The quantitative estimate of drug-likeness (QED) is 0.861. The van der Waals surface area contributed by atoms with Crippen molar-refractivity contribution >= 4 is 0 Å². The largest absolute Gasteiger partial charge is 0.330 e. The van der Waals surface area contributed by atoms with Crippen molar-refractivity contribution < 1.29 is 8.78 Å². The van der Waals surface area contributed by atoms with Gasteiger partial charge in [-0.2, -0.15) is 0 Å². The van der Waals surface area contributed by atoms with Gasteiger partial charge in [0.15, 0.2) is 5.82 Å². The zero-order valence-corrected chi connectivity index (χ0v) is 9.87. The van der Waals surface area contributed by atoms with E-state index in [0.717, 1.165) is 17.9 Å². The van der Waals surface area contributed by atoms with Gasteiger partial charge in [0.2, 0.25) is 0 Å². The van der Waals surface area contributed by atoms with Crippen LogP contribution in [0, 0.1) is 5.92 Å². The van der Waals surface area contributed by atoms with Crippen LogP contribution in [0.5, 0.6) is 0 Å². The van der Waals surface area contributed by atoms with Crippen molar-refractivity contribution in [1.29, 1.82) is 0 Å². The van der Waals surface area contributed by atoms with E-state index >= 15 is 0 Å². The van der Waals surface area contributed by atoms with Gasteiger partial charge in [-0.3, -0.25) is 0 Å². The van der Waals surface area contributed by atoms with Crippen molar-refractivity contribution in [2.24, 2.45) is 11.7 Å². The summed E-state index contributed by atoms with van der Waals surface area (Å²) in [5, 5.41) is 0. The minimum atomic E-state index is -2.61. The molecule has 17 heavy (non-hydrogen) atoms. The number of hydrogen-bond donors (Lipinski definition) is 1. The third-order valence-electron chi connectivity index (χ3n) is 3.45. The first kappa shape index (κ1) is 12.4. The lowest BCUT2D eigenvalue weighted by atomic mass is 9.79. The number of aromatic nitrogens is 2. The van der Waals surface area contributed by atoms with E-state index < -0.39 is 12.2 Å². The fourth-order valence-corrected chi connectivity index (χ4v) is 2.04. The van der Waals surface area contributed by atoms with E-state index in [1.54, 1.807) is 0 Å². The number of rotatable bonds is 5. The summed E-state index contributed by atoms with van der Waals surface area (Å²) in [5.41, 5.74) is 6.47. The molecule has 0 aliphatic heterocycles. The van der Waals surface area contributed by atoms with Crippen molar-refractivity contribution in [3.05, 3.63) is 23.8 Å². The molecule has 1 aliphatic carbocycles. The molecular formula is C12H17F2N3. The van der Waals surface area contributed by atoms with Crippen LogP contribution in [0.4, 0.5) is 8.78 Å².